The van der Waals surface area contributed by atoms with Crippen LogP contribution < -0.4 is 5.32 Å². The molecule has 1 aliphatic heterocycles. The van der Waals surface area contributed by atoms with E-state index in [-0.39, 0.29) is 18.4 Å². The van der Waals surface area contributed by atoms with Crippen LogP contribution in [0.3, 0.4) is 0 Å². The van der Waals surface area contributed by atoms with E-state index in [1.54, 1.807) is 0 Å². The molecule has 0 bridgehead atoms. The van der Waals surface area contributed by atoms with Gasteiger partial charge in [-0.2, -0.15) is 0 Å². The van der Waals surface area contributed by atoms with E-state index in [9.17, 15) is 10.2 Å². The fourth-order valence-corrected chi connectivity index (χ4v) is 3.68. The smallest absolute Gasteiger partial charge is 0.143 e. The molecule has 1 heterocycles. The Hall–Kier alpha value is -0.140. The molecule has 106 valence electrons. The highest BCUT2D eigenvalue weighted by molar-refractivity contribution is 9.11. The molecule has 1 aromatic carbocycles. The molecule has 6 heteroatoms. The molecule has 0 amide bonds. The Bertz CT molecular complexity index is 414. The number of aliphatic hydroxyl groups excluding tert-OH is 1. The van der Waals surface area contributed by atoms with Crippen LogP contribution in [0.15, 0.2) is 21.1 Å². The SMILES string of the molecule is OCC[C@@H](c1cc(Br)c(O)c(Br)c1)N1CCNCC1. The third-order valence-corrected chi connectivity index (χ3v) is 4.63. The monoisotopic (exact) mass is 392 g/mol. The number of phenolic OH excluding ortho intramolecular Hbond substituents is 1. The predicted molar refractivity (Wildman–Crippen MR) is 82.4 cm³/mol. The number of halogens is 2. The zero-order valence-corrected chi connectivity index (χ0v) is 13.7. The van der Waals surface area contributed by atoms with E-state index in [1.807, 2.05) is 12.1 Å². The number of aromatic hydroxyl groups is 1. The van der Waals surface area contributed by atoms with Crippen molar-refractivity contribution in [3.05, 3.63) is 26.6 Å². The van der Waals surface area contributed by atoms with Gasteiger partial charge in [0.1, 0.15) is 5.75 Å². The first-order valence-corrected chi connectivity index (χ1v) is 7.95. The number of benzene rings is 1. The third-order valence-electron chi connectivity index (χ3n) is 3.42. The van der Waals surface area contributed by atoms with Crippen molar-refractivity contribution in [3.63, 3.8) is 0 Å². The maximum absolute atomic E-state index is 9.79. The van der Waals surface area contributed by atoms with Crippen molar-refractivity contribution in [2.45, 2.75) is 12.5 Å². The molecule has 0 aliphatic carbocycles. The van der Waals surface area contributed by atoms with Gasteiger partial charge >= 0.3 is 0 Å². The zero-order chi connectivity index (χ0) is 13.8. The van der Waals surface area contributed by atoms with E-state index in [0.29, 0.717) is 15.4 Å². The first kappa shape index (κ1) is 15.3. The molecule has 0 spiro atoms. The van der Waals surface area contributed by atoms with Gasteiger partial charge in [-0.25, -0.2) is 0 Å². The number of aliphatic hydroxyl groups is 1. The van der Waals surface area contributed by atoms with E-state index < -0.39 is 0 Å². The van der Waals surface area contributed by atoms with Gasteiger partial charge in [0.2, 0.25) is 0 Å². The molecule has 19 heavy (non-hydrogen) atoms. The second kappa shape index (κ2) is 7.04. The zero-order valence-electron chi connectivity index (χ0n) is 10.6. The second-order valence-corrected chi connectivity index (χ2v) is 6.36. The van der Waals surface area contributed by atoms with Gasteiger partial charge in [0.15, 0.2) is 0 Å². The molecule has 3 N–H and O–H groups in total. The molecule has 0 saturated carbocycles. The normalized spacial score (nSPS) is 18.5. The number of piperazine rings is 1. The van der Waals surface area contributed by atoms with Crippen molar-refractivity contribution in [2.24, 2.45) is 0 Å². The minimum absolute atomic E-state index is 0.157. The molecular formula is C13H18Br2N2O2. The molecule has 2 rings (SSSR count). The van der Waals surface area contributed by atoms with Crippen molar-refractivity contribution in [1.82, 2.24) is 10.2 Å². The fourth-order valence-electron chi connectivity index (χ4n) is 2.45. The van der Waals surface area contributed by atoms with Gasteiger partial charge in [-0.05, 0) is 56.0 Å². The molecule has 1 aliphatic rings. The molecule has 1 saturated heterocycles. The Morgan fingerprint density at radius 1 is 1.21 bits per heavy atom. The molecule has 0 aromatic heterocycles. The van der Waals surface area contributed by atoms with Crippen molar-refractivity contribution in [3.8, 4) is 5.75 Å². The summed E-state index contributed by atoms with van der Waals surface area (Å²) in [6.07, 6.45) is 0.698. The van der Waals surface area contributed by atoms with E-state index in [1.165, 1.54) is 0 Å². The van der Waals surface area contributed by atoms with E-state index in [2.05, 4.69) is 42.1 Å². The lowest BCUT2D eigenvalue weighted by Crippen LogP contribution is -2.45. The average Bonchev–Trinajstić information content (AvgIpc) is 2.42. The van der Waals surface area contributed by atoms with Gasteiger partial charge in [0, 0.05) is 38.8 Å². The van der Waals surface area contributed by atoms with Crippen LogP contribution in [0.2, 0.25) is 0 Å². The number of hydrogen-bond acceptors (Lipinski definition) is 4. The molecule has 0 radical (unpaired) electrons. The van der Waals surface area contributed by atoms with Gasteiger partial charge in [-0.15, -0.1) is 0 Å². The Kier molecular flexibility index (Phi) is 5.65. The molecule has 0 unspecified atom stereocenters. The highest BCUT2D eigenvalue weighted by Crippen LogP contribution is 2.37. The van der Waals surface area contributed by atoms with Gasteiger partial charge in [0.05, 0.1) is 8.95 Å². The minimum atomic E-state index is 0.157. The van der Waals surface area contributed by atoms with Crippen molar-refractivity contribution in [1.29, 1.82) is 0 Å². The quantitative estimate of drug-likeness (QED) is 0.734. The average molecular weight is 394 g/mol. The summed E-state index contributed by atoms with van der Waals surface area (Å²) >= 11 is 6.73. The topological polar surface area (TPSA) is 55.7 Å². The number of nitrogens with zero attached hydrogens (tertiary/aromatic N) is 1. The van der Waals surface area contributed by atoms with E-state index in [0.717, 1.165) is 31.7 Å². The Balaban J connectivity index is 2.27. The minimum Gasteiger partial charge on any atom is -0.506 e. The standard InChI is InChI=1S/C13H18Br2N2O2/c14-10-7-9(8-11(15)13(10)19)12(1-6-18)17-4-2-16-3-5-17/h7-8,12,16,18-19H,1-6H2/t12-/m0/s1. The number of nitrogens with one attached hydrogen (secondary N) is 1. The van der Waals surface area contributed by atoms with Crippen LogP contribution in [0.4, 0.5) is 0 Å². The Labute approximate surface area is 130 Å². The number of phenols is 1. The summed E-state index contributed by atoms with van der Waals surface area (Å²) in [6.45, 7) is 4.05. The maximum Gasteiger partial charge on any atom is 0.143 e. The van der Waals surface area contributed by atoms with Crippen LogP contribution in [0.5, 0.6) is 5.75 Å². The van der Waals surface area contributed by atoms with Crippen LogP contribution in [0, 0.1) is 0 Å². The summed E-state index contributed by atoms with van der Waals surface area (Å²) in [7, 11) is 0. The molecule has 1 atom stereocenters. The molecule has 1 aromatic rings. The lowest BCUT2D eigenvalue weighted by atomic mass is 10.0. The van der Waals surface area contributed by atoms with Gasteiger partial charge in [0.25, 0.3) is 0 Å². The van der Waals surface area contributed by atoms with Gasteiger partial charge in [-0.1, -0.05) is 0 Å². The van der Waals surface area contributed by atoms with E-state index >= 15 is 0 Å². The summed E-state index contributed by atoms with van der Waals surface area (Å²) in [6, 6.07) is 4.05. The highest BCUT2D eigenvalue weighted by atomic mass is 79.9. The molecule has 4 nitrogen and oxygen atoms in total. The van der Waals surface area contributed by atoms with Gasteiger partial charge in [-0.3, -0.25) is 4.90 Å². The molecule has 1 fully saturated rings. The summed E-state index contributed by atoms with van der Waals surface area (Å²) in [5.41, 5.74) is 1.10. The maximum atomic E-state index is 9.79. The van der Waals surface area contributed by atoms with Crippen molar-refractivity contribution >= 4 is 31.9 Å². The fraction of sp³-hybridized carbons (Fsp3) is 0.538. The molecular weight excluding hydrogens is 376 g/mol. The number of hydrogen-bond donors (Lipinski definition) is 3. The lowest BCUT2D eigenvalue weighted by Gasteiger charge is -2.35. The van der Waals surface area contributed by atoms with Crippen LogP contribution in [0.1, 0.15) is 18.0 Å². The highest BCUT2D eigenvalue weighted by Gasteiger charge is 2.23. The summed E-state index contributed by atoms with van der Waals surface area (Å²) < 4.78 is 1.35. The third kappa shape index (κ3) is 3.70. The van der Waals surface area contributed by atoms with Crippen LogP contribution in [0.25, 0.3) is 0 Å². The number of rotatable bonds is 4. The summed E-state index contributed by atoms with van der Waals surface area (Å²) in [4.78, 5) is 2.37. The lowest BCUT2D eigenvalue weighted by molar-refractivity contribution is 0.141. The summed E-state index contributed by atoms with van der Waals surface area (Å²) in [5, 5.41) is 22.4. The Morgan fingerprint density at radius 3 is 2.32 bits per heavy atom. The van der Waals surface area contributed by atoms with Crippen molar-refractivity contribution in [2.75, 3.05) is 32.8 Å². The van der Waals surface area contributed by atoms with Gasteiger partial charge < -0.3 is 15.5 Å². The van der Waals surface area contributed by atoms with E-state index in [4.69, 9.17) is 0 Å². The predicted octanol–water partition coefficient (Wildman–Crippen LogP) is 2.25. The van der Waals surface area contributed by atoms with Crippen LogP contribution >= 0.6 is 31.9 Å². The van der Waals surface area contributed by atoms with Crippen LogP contribution in [-0.2, 0) is 0 Å². The van der Waals surface area contributed by atoms with Crippen molar-refractivity contribution < 1.29 is 10.2 Å². The first-order chi connectivity index (χ1) is 9.13. The van der Waals surface area contributed by atoms with Crippen LogP contribution in [-0.4, -0.2) is 47.9 Å². The summed E-state index contributed by atoms with van der Waals surface area (Å²) in [5.74, 6) is 0.215. The largest absolute Gasteiger partial charge is 0.506 e. The second-order valence-electron chi connectivity index (χ2n) is 4.65. The Morgan fingerprint density at radius 2 is 1.79 bits per heavy atom. The first-order valence-electron chi connectivity index (χ1n) is 6.37.